The molecule has 0 aliphatic carbocycles. The van der Waals surface area contributed by atoms with Gasteiger partial charge in [0.15, 0.2) is 4.87 Å². The van der Waals surface area contributed by atoms with Gasteiger partial charge in [0.05, 0.1) is 0 Å². The van der Waals surface area contributed by atoms with Gasteiger partial charge < -0.3 is 9.84 Å². The molecule has 3 aromatic carbocycles. The molecule has 0 spiro atoms. The highest BCUT2D eigenvalue weighted by atomic mass is 32.2. The van der Waals surface area contributed by atoms with E-state index in [9.17, 15) is 14.7 Å². The molecule has 1 amide bonds. The Balaban J connectivity index is 1.70. The maximum absolute atomic E-state index is 12.1. The predicted molar refractivity (Wildman–Crippen MR) is 106 cm³/mol. The number of nitrogens with one attached hydrogen (secondary N) is 1. The van der Waals surface area contributed by atoms with Crippen LogP contribution in [0, 0.1) is 0 Å². The first-order valence-electron chi connectivity index (χ1n) is 8.36. The minimum Gasteiger partial charge on any atom is -0.479 e. The van der Waals surface area contributed by atoms with E-state index in [2.05, 4.69) is 5.32 Å². The van der Waals surface area contributed by atoms with Crippen LogP contribution in [0.4, 0.5) is 4.79 Å². The molecule has 0 aliphatic heterocycles. The minimum absolute atomic E-state index is 0.0724. The highest BCUT2D eigenvalue weighted by Crippen LogP contribution is 2.33. The molecule has 0 saturated carbocycles. The zero-order chi connectivity index (χ0) is 19.3. The zero-order valence-corrected chi connectivity index (χ0v) is 15.5. The highest BCUT2D eigenvalue weighted by Gasteiger charge is 2.37. The van der Waals surface area contributed by atoms with Crippen molar-refractivity contribution in [1.82, 2.24) is 5.32 Å². The Morgan fingerprint density at radius 2 is 1.67 bits per heavy atom. The number of thioether (sulfide) groups is 1. The van der Waals surface area contributed by atoms with Crippen LogP contribution in [0.15, 0.2) is 77.7 Å². The van der Waals surface area contributed by atoms with Crippen LogP contribution < -0.4 is 5.32 Å². The number of hydrogen-bond donors (Lipinski definition) is 2. The summed E-state index contributed by atoms with van der Waals surface area (Å²) in [6, 6.07) is 22.7. The molecule has 1 atom stereocenters. The van der Waals surface area contributed by atoms with Gasteiger partial charge in [-0.3, -0.25) is 5.32 Å². The van der Waals surface area contributed by atoms with Crippen LogP contribution in [0.5, 0.6) is 0 Å². The SMILES string of the molecule is C[C@@](NC(=O)OCc1ccccc1)(Sc1ccc2ccccc2c1)C(=O)O. The summed E-state index contributed by atoms with van der Waals surface area (Å²) in [6.07, 6.45) is -0.781. The first kappa shape index (κ1) is 18.8. The van der Waals surface area contributed by atoms with E-state index in [1.807, 2.05) is 72.8 Å². The Hall–Kier alpha value is -2.99. The van der Waals surface area contributed by atoms with Gasteiger partial charge >= 0.3 is 12.1 Å². The molecular weight excluding hydrogens is 362 g/mol. The Kier molecular flexibility index (Phi) is 5.66. The summed E-state index contributed by atoms with van der Waals surface area (Å²) in [5.41, 5.74) is 0.826. The molecule has 6 heteroatoms. The van der Waals surface area contributed by atoms with Crippen LogP contribution in [0.25, 0.3) is 10.8 Å². The Bertz CT molecular complexity index is 961. The third-order valence-corrected chi connectivity index (χ3v) is 5.18. The molecule has 0 aliphatic rings. The smallest absolute Gasteiger partial charge is 0.409 e. The van der Waals surface area contributed by atoms with Crippen LogP contribution in [-0.4, -0.2) is 22.0 Å². The van der Waals surface area contributed by atoms with Crippen LogP contribution in [0.1, 0.15) is 12.5 Å². The summed E-state index contributed by atoms with van der Waals surface area (Å²) < 4.78 is 5.16. The summed E-state index contributed by atoms with van der Waals surface area (Å²) >= 11 is 1.05. The lowest BCUT2D eigenvalue weighted by atomic mass is 10.1. The molecule has 0 heterocycles. The Morgan fingerprint density at radius 3 is 2.37 bits per heavy atom. The molecule has 3 rings (SSSR count). The van der Waals surface area contributed by atoms with Crippen molar-refractivity contribution < 1.29 is 19.4 Å². The summed E-state index contributed by atoms with van der Waals surface area (Å²) in [6.45, 7) is 1.52. The summed E-state index contributed by atoms with van der Waals surface area (Å²) in [7, 11) is 0. The lowest BCUT2D eigenvalue weighted by Gasteiger charge is -2.25. The van der Waals surface area contributed by atoms with E-state index in [4.69, 9.17) is 4.74 Å². The number of ether oxygens (including phenoxy) is 1. The fourth-order valence-corrected chi connectivity index (χ4v) is 3.56. The summed E-state index contributed by atoms with van der Waals surface area (Å²) in [5.74, 6) is -1.16. The number of aliphatic carboxylic acids is 1. The molecule has 3 aromatic rings. The third-order valence-electron chi connectivity index (χ3n) is 4.00. The molecule has 2 N–H and O–H groups in total. The van der Waals surface area contributed by atoms with Gasteiger partial charge in [-0.15, -0.1) is 0 Å². The third kappa shape index (κ3) is 4.80. The number of amides is 1. The zero-order valence-electron chi connectivity index (χ0n) is 14.7. The normalized spacial score (nSPS) is 12.9. The van der Waals surface area contributed by atoms with Gasteiger partial charge in [0.2, 0.25) is 0 Å². The minimum atomic E-state index is -1.56. The van der Waals surface area contributed by atoms with E-state index in [1.165, 1.54) is 6.92 Å². The van der Waals surface area contributed by atoms with Crippen LogP contribution in [0.2, 0.25) is 0 Å². The van der Waals surface area contributed by atoms with Crippen LogP contribution in [0.3, 0.4) is 0 Å². The van der Waals surface area contributed by atoms with E-state index in [-0.39, 0.29) is 6.61 Å². The van der Waals surface area contributed by atoms with Gasteiger partial charge in [-0.05, 0) is 35.4 Å². The quantitative estimate of drug-likeness (QED) is 0.480. The number of rotatable bonds is 6. The number of benzene rings is 3. The first-order chi connectivity index (χ1) is 13.0. The van der Waals surface area contributed by atoms with E-state index >= 15 is 0 Å². The van der Waals surface area contributed by atoms with Crippen LogP contribution >= 0.6 is 11.8 Å². The lowest BCUT2D eigenvalue weighted by Crippen LogP contribution is -2.49. The molecule has 0 saturated heterocycles. The van der Waals surface area contributed by atoms with E-state index < -0.39 is 16.9 Å². The lowest BCUT2D eigenvalue weighted by molar-refractivity contribution is -0.140. The van der Waals surface area contributed by atoms with Gasteiger partial charge in [-0.25, -0.2) is 9.59 Å². The molecule has 0 unspecified atom stereocenters. The second kappa shape index (κ2) is 8.14. The number of carbonyl (C=O) groups is 2. The second-order valence-electron chi connectivity index (χ2n) is 6.14. The van der Waals surface area contributed by atoms with Gasteiger partial charge in [-0.1, -0.05) is 72.4 Å². The fraction of sp³-hybridized carbons (Fsp3) is 0.143. The largest absolute Gasteiger partial charge is 0.479 e. The fourth-order valence-electron chi connectivity index (χ4n) is 2.54. The van der Waals surface area contributed by atoms with E-state index in [0.29, 0.717) is 0 Å². The van der Waals surface area contributed by atoms with E-state index in [1.54, 1.807) is 0 Å². The van der Waals surface area contributed by atoms with E-state index in [0.717, 1.165) is 33.0 Å². The number of carboxylic acids is 1. The van der Waals surface area contributed by atoms with Crippen molar-refractivity contribution in [3.05, 3.63) is 78.4 Å². The number of fused-ring (bicyclic) bond motifs is 1. The molecule has 5 nitrogen and oxygen atoms in total. The topological polar surface area (TPSA) is 75.6 Å². The average Bonchev–Trinajstić information content (AvgIpc) is 2.67. The monoisotopic (exact) mass is 381 g/mol. The molecular formula is C21H19NO4S. The summed E-state index contributed by atoms with van der Waals surface area (Å²) in [4.78, 5) is 23.1. The van der Waals surface area contributed by atoms with Crippen molar-refractivity contribution in [3.8, 4) is 0 Å². The van der Waals surface area contributed by atoms with Crippen molar-refractivity contribution in [2.75, 3.05) is 0 Å². The van der Waals surface area contributed by atoms with Gasteiger partial charge in [0.25, 0.3) is 0 Å². The Labute approximate surface area is 161 Å². The van der Waals surface area contributed by atoms with Crippen molar-refractivity contribution in [2.45, 2.75) is 23.3 Å². The number of alkyl carbamates (subject to hydrolysis) is 1. The predicted octanol–water partition coefficient (Wildman–Crippen LogP) is 4.66. The molecule has 138 valence electrons. The van der Waals surface area contributed by atoms with Crippen molar-refractivity contribution in [3.63, 3.8) is 0 Å². The second-order valence-corrected chi connectivity index (χ2v) is 7.63. The standard InChI is InChI=1S/C21H19NO4S/c1-21(19(23)24,22-20(25)26-14-15-7-3-2-4-8-15)27-18-12-11-16-9-5-6-10-17(16)13-18/h2-13H,14H2,1H3,(H,22,25)(H,23,24)/t21-/m1/s1. The first-order valence-corrected chi connectivity index (χ1v) is 9.18. The number of carboxylic acid groups (broad SMARTS) is 1. The van der Waals surface area contributed by atoms with Gasteiger partial charge in [0, 0.05) is 4.90 Å². The van der Waals surface area contributed by atoms with Crippen molar-refractivity contribution in [2.24, 2.45) is 0 Å². The average molecular weight is 381 g/mol. The van der Waals surface area contributed by atoms with Crippen LogP contribution in [-0.2, 0) is 16.1 Å². The molecule has 0 aromatic heterocycles. The Morgan fingerprint density at radius 1 is 1.00 bits per heavy atom. The van der Waals surface area contributed by atoms with Gasteiger partial charge in [0.1, 0.15) is 6.61 Å². The molecule has 0 radical (unpaired) electrons. The number of carbonyl (C=O) groups excluding carboxylic acids is 1. The maximum Gasteiger partial charge on any atom is 0.409 e. The van der Waals surface area contributed by atoms with Gasteiger partial charge in [-0.2, -0.15) is 0 Å². The van der Waals surface area contributed by atoms with Crippen molar-refractivity contribution in [1.29, 1.82) is 0 Å². The van der Waals surface area contributed by atoms with Crippen molar-refractivity contribution >= 4 is 34.6 Å². The maximum atomic E-state index is 12.1. The highest BCUT2D eigenvalue weighted by molar-refractivity contribution is 8.01. The molecule has 27 heavy (non-hydrogen) atoms. The molecule has 0 fully saturated rings. The molecule has 0 bridgehead atoms. The summed E-state index contributed by atoms with van der Waals surface area (Å²) in [5, 5.41) is 14.2. The number of hydrogen-bond acceptors (Lipinski definition) is 4.